The topological polar surface area (TPSA) is 29.1 Å². The summed E-state index contributed by atoms with van der Waals surface area (Å²) in [6, 6.07) is 7.77. The molecule has 1 aliphatic carbocycles. The average molecular weight is 263 g/mol. The lowest BCUT2D eigenvalue weighted by atomic mass is 9.93. The van der Waals surface area contributed by atoms with Crippen LogP contribution in [0, 0.1) is 11.8 Å². The Morgan fingerprint density at radius 1 is 1.39 bits per heavy atom. The normalized spacial score (nSPS) is 27.2. The number of carbonyl (C=O) groups is 1. The fourth-order valence-corrected chi connectivity index (χ4v) is 3.20. The van der Waals surface area contributed by atoms with Crippen molar-refractivity contribution in [1.82, 2.24) is 5.32 Å². The lowest BCUT2D eigenvalue weighted by molar-refractivity contribution is 0.0923. The summed E-state index contributed by atoms with van der Waals surface area (Å²) >= 11 is 4.33. The fraction of sp³-hybridized carbons (Fsp3) is 0.533. The molecule has 1 aromatic rings. The summed E-state index contributed by atoms with van der Waals surface area (Å²) in [6.45, 7) is 4.48. The quantitative estimate of drug-likeness (QED) is 0.803. The molecule has 0 bridgehead atoms. The Balaban J connectivity index is 2.03. The van der Waals surface area contributed by atoms with Crippen LogP contribution in [0.25, 0.3) is 0 Å². The second kappa shape index (κ2) is 5.79. The van der Waals surface area contributed by atoms with Crippen LogP contribution in [0.15, 0.2) is 29.2 Å². The molecule has 0 heterocycles. The summed E-state index contributed by atoms with van der Waals surface area (Å²) in [4.78, 5) is 12.9. The predicted octanol–water partition coefficient (Wildman–Crippen LogP) is 3.53. The van der Waals surface area contributed by atoms with Gasteiger partial charge >= 0.3 is 0 Å². The van der Waals surface area contributed by atoms with E-state index in [2.05, 4.69) is 31.8 Å². The molecule has 3 atom stereocenters. The van der Waals surface area contributed by atoms with Crippen LogP contribution in [-0.2, 0) is 0 Å². The average Bonchev–Trinajstić information content (AvgIpc) is 2.71. The summed E-state index contributed by atoms with van der Waals surface area (Å²) in [5.41, 5.74) is 0.674. The van der Waals surface area contributed by atoms with E-state index in [1.165, 1.54) is 12.8 Å². The number of rotatable bonds is 3. The molecule has 1 amide bonds. The summed E-state index contributed by atoms with van der Waals surface area (Å²) in [7, 11) is 0. The first-order chi connectivity index (χ1) is 8.63. The molecule has 1 fully saturated rings. The highest BCUT2D eigenvalue weighted by Crippen LogP contribution is 2.34. The van der Waals surface area contributed by atoms with E-state index in [9.17, 15) is 4.79 Å². The minimum atomic E-state index is 0.00852. The van der Waals surface area contributed by atoms with Crippen LogP contribution < -0.4 is 5.32 Å². The van der Waals surface area contributed by atoms with Crippen LogP contribution in [0.3, 0.4) is 0 Å². The van der Waals surface area contributed by atoms with Gasteiger partial charge in [-0.15, -0.1) is 12.6 Å². The minimum Gasteiger partial charge on any atom is -0.349 e. The van der Waals surface area contributed by atoms with Crippen molar-refractivity contribution in [2.24, 2.45) is 11.8 Å². The van der Waals surface area contributed by atoms with Gasteiger partial charge in [0, 0.05) is 10.9 Å². The van der Waals surface area contributed by atoms with Gasteiger partial charge in [0.05, 0.1) is 5.56 Å². The highest BCUT2D eigenvalue weighted by molar-refractivity contribution is 7.80. The first-order valence-corrected chi connectivity index (χ1v) is 7.17. The molecule has 1 N–H and O–H groups in total. The van der Waals surface area contributed by atoms with E-state index in [1.807, 2.05) is 24.3 Å². The van der Waals surface area contributed by atoms with Gasteiger partial charge < -0.3 is 5.32 Å². The molecule has 3 heteroatoms. The maximum Gasteiger partial charge on any atom is 0.252 e. The van der Waals surface area contributed by atoms with Crippen LogP contribution in [0.2, 0.25) is 0 Å². The van der Waals surface area contributed by atoms with Crippen molar-refractivity contribution in [3.63, 3.8) is 0 Å². The molecule has 98 valence electrons. The Labute approximate surface area is 115 Å². The summed E-state index contributed by atoms with van der Waals surface area (Å²) in [5.74, 6) is 1.33. The lowest BCUT2D eigenvalue weighted by Crippen LogP contribution is -2.37. The van der Waals surface area contributed by atoms with Gasteiger partial charge in [0.1, 0.15) is 0 Å². The second-order valence-electron chi connectivity index (χ2n) is 5.20. The smallest absolute Gasteiger partial charge is 0.252 e. The van der Waals surface area contributed by atoms with E-state index in [-0.39, 0.29) is 5.91 Å². The van der Waals surface area contributed by atoms with Crippen LogP contribution >= 0.6 is 12.6 Å². The number of hydrogen-bond acceptors (Lipinski definition) is 2. The molecule has 18 heavy (non-hydrogen) atoms. The van der Waals surface area contributed by atoms with E-state index in [0.717, 1.165) is 17.2 Å². The van der Waals surface area contributed by atoms with Gasteiger partial charge in [0.25, 0.3) is 5.91 Å². The van der Waals surface area contributed by atoms with Gasteiger partial charge in [0.2, 0.25) is 0 Å². The van der Waals surface area contributed by atoms with E-state index in [1.54, 1.807) is 0 Å². The fourth-order valence-electron chi connectivity index (χ4n) is 2.94. The number of nitrogens with one attached hydrogen (secondary N) is 1. The number of carbonyl (C=O) groups excluding carboxylic acids is 1. The summed E-state index contributed by atoms with van der Waals surface area (Å²) in [5, 5.41) is 3.16. The second-order valence-corrected chi connectivity index (χ2v) is 5.68. The molecule has 0 saturated heterocycles. The number of hydrogen-bond donors (Lipinski definition) is 2. The molecule has 3 unspecified atom stereocenters. The van der Waals surface area contributed by atoms with Crippen molar-refractivity contribution in [1.29, 1.82) is 0 Å². The van der Waals surface area contributed by atoms with Crippen molar-refractivity contribution in [3.05, 3.63) is 29.8 Å². The number of benzene rings is 1. The molecule has 2 rings (SSSR count). The van der Waals surface area contributed by atoms with Crippen LogP contribution in [0.4, 0.5) is 0 Å². The molecule has 0 aromatic heterocycles. The van der Waals surface area contributed by atoms with E-state index in [4.69, 9.17) is 0 Å². The van der Waals surface area contributed by atoms with E-state index < -0.39 is 0 Å². The summed E-state index contributed by atoms with van der Waals surface area (Å²) < 4.78 is 0. The van der Waals surface area contributed by atoms with Gasteiger partial charge in [-0.05, 0) is 36.8 Å². The maximum atomic E-state index is 12.2. The molecule has 0 aliphatic heterocycles. The zero-order valence-electron chi connectivity index (χ0n) is 11.0. The van der Waals surface area contributed by atoms with Gasteiger partial charge in [-0.2, -0.15) is 0 Å². The third kappa shape index (κ3) is 2.72. The van der Waals surface area contributed by atoms with Crippen molar-refractivity contribution in [2.45, 2.75) is 44.0 Å². The van der Waals surface area contributed by atoms with Gasteiger partial charge in [-0.25, -0.2) is 0 Å². The van der Waals surface area contributed by atoms with Gasteiger partial charge in [0.15, 0.2) is 0 Å². The third-order valence-corrected chi connectivity index (χ3v) is 4.61. The van der Waals surface area contributed by atoms with E-state index in [0.29, 0.717) is 17.5 Å². The Hall–Kier alpha value is -0.960. The zero-order chi connectivity index (χ0) is 13.1. The molecular weight excluding hydrogens is 242 g/mol. The largest absolute Gasteiger partial charge is 0.349 e. The number of amides is 1. The molecule has 1 aliphatic rings. The Bertz CT molecular complexity index is 432. The van der Waals surface area contributed by atoms with Crippen LogP contribution in [0.1, 0.15) is 43.5 Å². The Morgan fingerprint density at radius 2 is 2.11 bits per heavy atom. The molecular formula is C15H21NOS. The molecule has 0 radical (unpaired) electrons. The predicted molar refractivity (Wildman–Crippen MR) is 77.1 cm³/mol. The third-order valence-electron chi connectivity index (χ3n) is 4.22. The van der Waals surface area contributed by atoms with Crippen molar-refractivity contribution < 1.29 is 4.79 Å². The Kier molecular flexibility index (Phi) is 4.33. The molecule has 1 saturated carbocycles. The minimum absolute atomic E-state index is 0.00852. The van der Waals surface area contributed by atoms with Crippen LogP contribution in [0.5, 0.6) is 0 Å². The highest BCUT2D eigenvalue weighted by Gasteiger charge is 2.32. The SMILES string of the molecule is CCC1CCC(NC(=O)c2ccccc2S)C1C. The van der Waals surface area contributed by atoms with Crippen molar-refractivity contribution in [3.8, 4) is 0 Å². The van der Waals surface area contributed by atoms with Crippen LogP contribution in [-0.4, -0.2) is 11.9 Å². The standard InChI is InChI=1S/C15H21NOS/c1-3-11-8-9-13(10(11)2)16-15(17)12-6-4-5-7-14(12)18/h4-7,10-11,13,18H,3,8-9H2,1-2H3,(H,16,17). The van der Waals surface area contributed by atoms with Gasteiger partial charge in [-0.3, -0.25) is 4.79 Å². The molecule has 1 aromatic carbocycles. The number of thiol groups is 1. The van der Waals surface area contributed by atoms with Crippen molar-refractivity contribution >= 4 is 18.5 Å². The highest BCUT2D eigenvalue weighted by atomic mass is 32.1. The molecule has 0 spiro atoms. The van der Waals surface area contributed by atoms with Crippen molar-refractivity contribution in [2.75, 3.05) is 0 Å². The lowest BCUT2D eigenvalue weighted by Gasteiger charge is -2.21. The monoisotopic (exact) mass is 263 g/mol. The first kappa shape index (κ1) is 13.5. The maximum absolute atomic E-state index is 12.2. The molecule has 2 nitrogen and oxygen atoms in total. The Morgan fingerprint density at radius 3 is 2.72 bits per heavy atom. The van der Waals surface area contributed by atoms with Gasteiger partial charge in [-0.1, -0.05) is 32.4 Å². The first-order valence-electron chi connectivity index (χ1n) is 6.72. The summed E-state index contributed by atoms with van der Waals surface area (Å²) in [6.07, 6.45) is 3.53. The zero-order valence-corrected chi connectivity index (χ0v) is 11.9. The van der Waals surface area contributed by atoms with E-state index >= 15 is 0 Å².